The van der Waals surface area contributed by atoms with Crippen molar-refractivity contribution in [3.05, 3.63) is 35.9 Å². The van der Waals surface area contributed by atoms with Crippen LogP contribution in [0.5, 0.6) is 0 Å². The molecule has 16 heavy (non-hydrogen) atoms. The van der Waals surface area contributed by atoms with Gasteiger partial charge in [-0.25, -0.2) is 0 Å². The lowest BCUT2D eigenvalue weighted by molar-refractivity contribution is -0.195. The van der Waals surface area contributed by atoms with Crippen LogP contribution in [0.4, 0.5) is 13.2 Å². The van der Waals surface area contributed by atoms with Crippen molar-refractivity contribution in [3.8, 4) is 0 Å². The molecule has 0 aliphatic rings. The third-order valence-corrected chi connectivity index (χ3v) is 2.07. The second kappa shape index (κ2) is 5.01. The van der Waals surface area contributed by atoms with Crippen molar-refractivity contribution in [2.75, 3.05) is 0 Å². The number of hydrogen-bond acceptors (Lipinski definition) is 2. The highest BCUT2D eigenvalue weighted by molar-refractivity contribution is 5.72. The first-order valence-electron chi connectivity index (χ1n) is 4.68. The highest BCUT2D eigenvalue weighted by Crippen LogP contribution is 2.26. The summed E-state index contributed by atoms with van der Waals surface area (Å²) in [5.41, 5.74) is 0.658. The van der Waals surface area contributed by atoms with Gasteiger partial charge >= 0.3 is 12.1 Å². The fourth-order valence-electron chi connectivity index (χ4n) is 0.987. The molecule has 0 heterocycles. The van der Waals surface area contributed by atoms with Crippen LogP contribution in [0.15, 0.2) is 30.3 Å². The Balaban J connectivity index is 2.48. The Labute approximate surface area is 91.0 Å². The van der Waals surface area contributed by atoms with Crippen molar-refractivity contribution in [1.29, 1.82) is 0 Å². The molecular formula is C11H11F3O2. The summed E-state index contributed by atoms with van der Waals surface area (Å²) < 4.78 is 40.9. The second-order valence-electron chi connectivity index (χ2n) is 3.36. The van der Waals surface area contributed by atoms with Gasteiger partial charge in [0.2, 0.25) is 0 Å². The van der Waals surface area contributed by atoms with Crippen LogP contribution < -0.4 is 0 Å². The molecule has 0 fully saturated rings. The predicted molar refractivity (Wildman–Crippen MR) is 51.5 cm³/mol. The lowest BCUT2D eigenvalue weighted by Gasteiger charge is -2.14. The van der Waals surface area contributed by atoms with Crippen LogP contribution in [0.25, 0.3) is 0 Å². The fraction of sp³-hybridized carbons (Fsp3) is 0.364. The molecule has 0 bridgehead atoms. The van der Waals surface area contributed by atoms with Gasteiger partial charge in [-0.2, -0.15) is 13.2 Å². The summed E-state index contributed by atoms with van der Waals surface area (Å²) in [5, 5.41) is 0. The summed E-state index contributed by atoms with van der Waals surface area (Å²) in [5.74, 6) is -3.34. The lowest BCUT2D eigenvalue weighted by atomic mass is 10.2. The normalized spacial score (nSPS) is 13.2. The first-order chi connectivity index (χ1) is 7.41. The molecule has 88 valence electrons. The van der Waals surface area contributed by atoms with Crippen LogP contribution in [0, 0.1) is 5.92 Å². The Morgan fingerprint density at radius 3 is 2.38 bits per heavy atom. The molecule has 0 aliphatic carbocycles. The highest BCUT2D eigenvalue weighted by atomic mass is 19.4. The Morgan fingerprint density at radius 2 is 1.88 bits per heavy atom. The number of esters is 1. The van der Waals surface area contributed by atoms with Gasteiger partial charge in [-0.3, -0.25) is 4.79 Å². The summed E-state index contributed by atoms with van der Waals surface area (Å²) in [4.78, 5) is 11.0. The Hall–Kier alpha value is -1.52. The average molecular weight is 232 g/mol. The van der Waals surface area contributed by atoms with Gasteiger partial charge in [0, 0.05) is 0 Å². The molecular weight excluding hydrogens is 221 g/mol. The molecule has 0 aromatic heterocycles. The van der Waals surface area contributed by atoms with E-state index >= 15 is 0 Å². The van der Waals surface area contributed by atoms with Gasteiger partial charge < -0.3 is 4.74 Å². The standard InChI is InChI=1S/C11H11F3O2/c1-8(11(12,13)14)10(15)16-7-9-5-3-2-4-6-9/h2-6,8H,7H2,1H3. The minimum atomic E-state index is -4.55. The third kappa shape index (κ3) is 3.56. The van der Waals surface area contributed by atoms with Crippen molar-refractivity contribution in [3.63, 3.8) is 0 Å². The third-order valence-electron chi connectivity index (χ3n) is 2.07. The molecule has 1 aromatic carbocycles. The molecule has 1 unspecified atom stereocenters. The largest absolute Gasteiger partial charge is 0.460 e. The molecule has 1 rings (SSSR count). The first-order valence-corrected chi connectivity index (χ1v) is 4.68. The number of benzene rings is 1. The van der Waals surface area contributed by atoms with Gasteiger partial charge in [-0.05, 0) is 12.5 Å². The smallest absolute Gasteiger partial charge is 0.401 e. The van der Waals surface area contributed by atoms with Crippen LogP contribution in [0.1, 0.15) is 12.5 Å². The number of carbonyl (C=O) groups excluding carboxylic acids is 1. The maximum absolute atomic E-state index is 12.1. The maximum atomic E-state index is 12.1. The van der Waals surface area contributed by atoms with E-state index in [2.05, 4.69) is 4.74 Å². The van der Waals surface area contributed by atoms with Gasteiger partial charge in [0.05, 0.1) is 0 Å². The quantitative estimate of drug-likeness (QED) is 0.749. The van der Waals surface area contributed by atoms with Gasteiger partial charge in [0.25, 0.3) is 0 Å². The monoisotopic (exact) mass is 232 g/mol. The summed E-state index contributed by atoms with van der Waals surface area (Å²) in [6.45, 7) is 0.646. The zero-order valence-corrected chi connectivity index (χ0v) is 8.62. The molecule has 1 atom stereocenters. The van der Waals surface area contributed by atoms with Gasteiger partial charge in [0.15, 0.2) is 0 Å². The van der Waals surface area contributed by atoms with E-state index in [0.717, 1.165) is 6.92 Å². The first kappa shape index (κ1) is 12.5. The second-order valence-corrected chi connectivity index (χ2v) is 3.36. The lowest BCUT2D eigenvalue weighted by Crippen LogP contribution is -2.29. The molecule has 0 saturated heterocycles. The SMILES string of the molecule is CC(C(=O)OCc1ccccc1)C(F)(F)F. The topological polar surface area (TPSA) is 26.3 Å². The molecule has 5 heteroatoms. The number of carbonyl (C=O) groups is 1. The number of halogens is 3. The molecule has 1 aromatic rings. The molecule has 0 N–H and O–H groups in total. The maximum Gasteiger partial charge on any atom is 0.401 e. The summed E-state index contributed by atoms with van der Waals surface area (Å²) in [7, 11) is 0. The van der Waals surface area contributed by atoms with Gasteiger partial charge in [0.1, 0.15) is 12.5 Å². The molecule has 2 nitrogen and oxygen atoms in total. The van der Waals surface area contributed by atoms with Crippen LogP contribution >= 0.6 is 0 Å². The van der Waals surface area contributed by atoms with E-state index in [9.17, 15) is 18.0 Å². The number of ether oxygens (including phenoxy) is 1. The van der Waals surface area contributed by atoms with Crippen molar-refractivity contribution >= 4 is 5.97 Å². The number of alkyl halides is 3. The van der Waals surface area contributed by atoms with E-state index in [-0.39, 0.29) is 6.61 Å². The fourth-order valence-corrected chi connectivity index (χ4v) is 0.987. The van der Waals surface area contributed by atoms with Crippen LogP contribution in [0.3, 0.4) is 0 Å². The van der Waals surface area contributed by atoms with E-state index < -0.39 is 18.1 Å². The molecule has 0 aliphatic heterocycles. The summed E-state index contributed by atoms with van der Waals surface area (Å²) in [6, 6.07) is 8.55. The zero-order chi connectivity index (χ0) is 12.2. The van der Waals surface area contributed by atoms with E-state index in [4.69, 9.17) is 0 Å². The number of hydrogen-bond donors (Lipinski definition) is 0. The van der Waals surface area contributed by atoms with Crippen molar-refractivity contribution < 1.29 is 22.7 Å². The molecule has 0 amide bonds. The minimum absolute atomic E-state index is 0.139. The molecule has 0 radical (unpaired) electrons. The zero-order valence-electron chi connectivity index (χ0n) is 8.62. The van der Waals surface area contributed by atoms with Crippen molar-refractivity contribution in [2.45, 2.75) is 19.7 Å². The highest BCUT2D eigenvalue weighted by Gasteiger charge is 2.42. The van der Waals surface area contributed by atoms with E-state index in [1.54, 1.807) is 30.3 Å². The van der Waals surface area contributed by atoms with E-state index in [0.29, 0.717) is 5.56 Å². The Morgan fingerprint density at radius 1 is 1.31 bits per heavy atom. The summed E-state index contributed by atoms with van der Waals surface area (Å²) in [6.07, 6.45) is -4.55. The minimum Gasteiger partial charge on any atom is -0.460 e. The molecule has 0 spiro atoms. The number of rotatable bonds is 3. The Kier molecular flexibility index (Phi) is 3.93. The van der Waals surface area contributed by atoms with Gasteiger partial charge in [-0.1, -0.05) is 30.3 Å². The predicted octanol–water partition coefficient (Wildman–Crippen LogP) is 2.93. The van der Waals surface area contributed by atoms with E-state index in [1.165, 1.54) is 0 Å². The molecule has 0 saturated carbocycles. The average Bonchev–Trinajstić information content (AvgIpc) is 2.25. The van der Waals surface area contributed by atoms with E-state index in [1.807, 2.05) is 0 Å². The van der Waals surface area contributed by atoms with Crippen LogP contribution in [0.2, 0.25) is 0 Å². The van der Waals surface area contributed by atoms with Crippen LogP contribution in [-0.2, 0) is 16.1 Å². The van der Waals surface area contributed by atoms with Crippen molar-refractivity contribution in [2.24, 2.45) is 5.92 Å². The summed E-state index contributed by atoms with van der Waals surface area (Å²) >= 11 is 0. The van der Waals surface area contributed by atoms with Crippen molar-refractivity contribution in [1.82, 2.24) is 0 Å². The van der Waals surface area contributed by atoms with Crippen LogP contribution in [-0.4, -0.2) is 12.1 Å². The Bertz CT molecular complexity index is 346. The van der Waals surface area contributed by atoms with Gasteiger partial charge in [-0.15, -0.1) is 0 Å².